The lowest BCUT2D eigenvalue weighted by Crippen LogP contribution is -2.49. The molecule has 0 atom stereocenters. The lowest BCUT2D eigenvalue weighted by Gasteiger charge is -2.35. The lowest BCUT2D eigenvalue weighted by molar-refractivity contribution is 0.122. The van der Waals surface area contributed by atoms with Crippen LogP contribution in [0.3, 0.4) is 0 Å². The quantitative estimate of drug-likeness (QED) is 0.704. The van der Waals surface area contributed by atoms with Crippen LogP contribution in [0.2, 0.25) is 5.02 Å². The van der Waals surface area contributed by atoms with E-state index in [2.05, 4.69) is 9.88 Å². The van der Waals surface area contributed by atoms with Crippen LogP contribution in [0.25, 0.3) is 0 Å². The molecule has 10 heteroatoms. The number of nitrogens with zero attached hydrogens (tertiary/aromatic N) is 5. The number of piperazine rings is 1. The fourth-order valence-electron chi connectivity index (χ4n) is 3.64. The van der Waals surface area contributed by atoms with Crippen molar-refractivity contribution in [3.63, 3.8) is 0 Å². The van der Waals surface area contributed by atoms with Crippen LogP contribution in [0.5, 0.6) is 0 Å². The van der Waals surface area contributed by atoms with Crippen LogP contribution in [-0.4, -0.2) is 75.2 Å². The molecule has 30 heavy (non-hydrogen) atoms. The normalized spacial score (nSPS) is 18.6. The van der Waals surface area contributed by atoms with E-state index in [4.69, 9.17) is 21.3 Å². The van der Waals surface area contributed by atoms with E-state index in [0.717, 1.165) is 30.2 Å². The van der Waals surface area contributed by atoms with Crippen molar-refractivity contribution in [1.29, 1.82) is 0 Å². The van der Waals surface area contributed by atoms with E-state index in [1.165, 1.54) is 10.4 Å². The summed E-state index contributed by atoms with van der Waals surface area (Å²) < 4.78 is 32.9. The van der Waals surface area contributed by atoms with Gasteiger partial charge in [-0.15, -0.1) is 0 Å². The van der Waals surface area contributed by atoms with Gasteiger partial charge in [0.15, 0.2) is 0 Å². The van der Waals surface area contributed by atoms with Crippen molar-refractivity contribution in [1.82, 2.24) is 14.3 Å². The van der Waals surface area contributed by atoms with Crippen LogP contribution in [0, 0.1) is 13.8 Å². The highest BCUT2D eigenvalue weighted by molar-refractivity contribution is 7.89. The second kappa shape index (κ2) is 8.66. The molecule has 0 aliphatic carbocycles. The molecule has 0 saturated carbocycles. The molecule has 2 aromatic rings. The molecular formula is C20H26ClN5O3S. The van der Waals surface area contributed by atoms with E-state index in [0.29, 0.717) is 50.4 Å². The Bertz CT molecular complexity index is 1020. The van der Waals surface area contributed by atoms with Crippen molar-refractivity contribution in [3.8, 4) is 0 Å². The zero-order valence-corrected chi connectivity index (χ0v) is 18.8. The summed E-state index contributed by atoms with van der Waals surface area (Å²) in [5.74, 6) is 1.54. The second-order valence-corrected chi connectivity index (χ2v) is 9.91. The number of morpholine rings is 1. The van der Waals surface area contributed by atoms with E-state index in [9.17, 15) is 8.42 Å². The van der Waals surface area contributed by atoms with E-state index >= 15 is 0 Å². The Morgan fingerprint density at radius 1 is 0.933 bits per heavy atom. The Hall–Kier alpha value is -1.94. The molecule has 8 nitrogen and oxygen atoms in total. The number of hydrogen-bond acceptors (Lipinski definition) is 7. The fraction of sp³-hybridized carbons (Fsp3) is 0.500. The predicted molar refractivity (Wildman–Crippen MR) is 117 cm³/mol. The topological polar surface area (TPSA) is 78.9 Å². The Morgan fingerprint density at radius 3 is 2.30 bits per heavy atom. The van der Waals surface area contributed by atoms with Crippen molar-refractivity contribution < 1.29 is 13.2 Å². The maximum absolute atomic E-state index is 13.0. The van der Waals surface area contributed by atoms with Gasteiger partial charge >= 0.3 is 0 Å². The Kier molecular flexibility index (Phi) is 6.15. The van der Waals surface area contributed by atoms with Crippen LogP contribution in [0.1, 0.15) is 11.3 Å². The van der Waals surface area contributed by atoms with E-state index in [1.807, 2.05) is 24.8 Å². The van der Waals surface area contributed by atoms with E-state index in [1.54, 1.807) is 12.1 Å². The summed E-state index contributed by atoms with van der Waals surface area (Å²) >= 11 is 6.14. The van der Waals surface area contributed by atoms with Gasteiger partial charge in [0.25, 0.3) is 0 Å². The third kappa shape index (κ3) is 4.39. The maximum atomic E-state index is 13.0. The van der Waals surface area contributed by atoms with E-state index < -0.39 is 10.0 Å². The average molecular weight is 452 g/mol. The molecule has 0 N–H and O–H groups in total. The van der Waals surface area contributed by atoms with Crippen LogP contribution >= 0.6 is 11.6 Å². The highest BCUT2D eigenvalue weighted by Gasteiger charge is 2.30. The summed E-state index contributed by atoms with van der Waals surface area (Å²) in [6, 6.07) is 6.86. The van der Waals surface area contributed by atoms with Gasteiger partial charge in [-0.2, -0.15) is 9.29 Å². The van der Waals surface area contributed by atoms with Gasteiger partial charge in [0.05, 0.1) is 18.1 Å². The number of benzene rings is 1. The molecule has 0 radical (unpaired) electrons. The standard InChI is InChI=1S/C20H26ClN5O3S/c1-15-3-4-17(14-18(15)21)30(27,28)26-7-5-25(6-8-26)20-22-16(2)13-19(23-20)24-9-11-29-12-10-24/h3-4,13-14H,5-12H2,1-2H3. The van der Waals surface area contributed by atoms with Gasteiger partial charge in [-0.3, -0.25) is 0 Å². The first-order chi connectivity index (χ1) is 14.3. The Balaban J connectivity index is 1.48. The van der Waals surface area contributed by atoms with Gasteiger partial charge in [0, 0.05) is 56.1 Å². The van der Waals surface area contributed by atoms with Crippen LogP contribution in [0.4, 0.5) is 11.8 Å². The average Bonchev–Trinajstić information content (AvgIpc) is 2.76. The van der Waals surface area contributed by atoms with Crippen molar-refractivity contribution >= 4 is 33.4 Å². The third-order valence-electron chi connectivity index (χ3n) is 5.47. The number of rotatable bonds is 4. The lowest BCUT2D eigenvalue weighted by atomic mass is 10.2. The number of halogens is 1. The van der Waals surface area contributed by atoms with Crippen molar-refractivity contribution in [2.45, 2.75) is 18.7 Å². The fourth-order valence-corrected chi connectivity index (χ4v) is 5.34. The molecule has 2 aliphatic rings. The first kappa shape index (κ1) is 21.3. The zero-order chi connectivity index (χ0) is 21.3. The summed E-state index contributed by atoms with van der Waals surface area (Å²) in [5.41, 5.74) is 1.75. The van der Waals surface area contributed by atoms with Crippen molar-refractivity contribution in [2.75, 3.05) is 62.3 Å². The first-order valence-electron chi connectivity index (χ1n) is 10.0. The van der Waals surface area contributed by atoms with Gasteiger partial charge in [-0.25, -0.2) is 13.4 Å². The summed E-state index contributed by atoms with van der Waals surface area (Å²) in [6.07, 6.45) is 0. The largest absolute Gasteiger partial charge is 0.378 e. The van der Waals surface area contributed by atoms with Gasteiger partial charge in [-0.05, 0) is 31.5 Å². The maximum Gasteiger partial charge on any atom is 0.243 e. The number of ether oxygens (including phenoxy) is 1. The van der Waals surface area contributed by atoms with E-state index in [-0.39, 0.29) is 4.90 Å². The van der Waals surface area contributed by atoms with Gasteiger partial charge in [0.2, 0.25) is 16.0 Å². The van der Waals surface area contributed by atoms with Gasteiger partial charge in [0.1, 0.15) is 5.82 Å². The van der Waals surface area contributed by atoms with Crippen LogP contribution < -0.4 is 9.80 Å². The molecule has 0 bridgehead atoms. The minimum Gasteiger partial charge on any atom is -0.378 e. The molecule has 1 aromatic carbocycles. The molecule has 0 amide bonds. The van der Waals surface area contributed by atoms with Crippen LogP contribution in [-0.2, 0) is 14.8 Å². The molecular weight excluding hydrogens is 426 g/mol. The minimum atomic E-state index is -3.58. The third-order valence-corrected chi connectivity index (χ3v) is 7.77. The molecule has 2 saturated heterocycles. The van der Waals surface area contributed by atoms with Gasteiger partial charge in [-0.1, -0.05) is 17.7 Å². The molecule has 4 rings (SSSR count). The molecule has 2 aliphatic heterocycles. The number of aromatic nitrogens is 2. The monoisotopic (exact) mass is 451 g/mol. The number of anilines is 2. The molecule has 0 unspecified atom stereocenters. The highest BCUT2D eigenvalue weighted by atomic mass is 35.5. The summed E-state index contributed by atoms with van der Waals surface area (Å²) in [7, 11) is -3.58. The molecule has 1 aromatic heterocycles. The Morgan fingerprint density at radius 2 is 1.63 bits per heavy atom. The summed E-state index contributed by atoms with van der Waals surface area (Å²) in [6.45, 7) is 8.62. The highest BCUT2D eigenvalue weighted by Crippen LogP contribution is 2.25. The smallest absolute Gasteiger partial charge is 0.243 e. The summed E-state index contributed by atoms with van der Waals surface area (Å²) in [4.78, 5) is 13.8. The number of hydrogen-bond donors (Lipinski definition) is 0. The van der Waals surface area contributed by atoms with Crippen LogP contribution in [0.15, 0.2) is 29.2 Å². The second-order valence-electron chi connectivity index (χ2n) is 7.57. The van der Waals surface area contributed by atoms with Crippen molar-refractivity contribution in [3.05, 3.63) is 40.5 Å². The van der Waals surface area contributed by atoms with Gasteiger partial charge < -0.3 is 14.5 Å². The Labute approximate surface area is 182 Å². The predicted octanol–water partition coefficient (Wildman–Crippen LogP) is 2.09. The molecule has 0 spiro atoms. The molecule has 3 heterocycles. The first-order valence-corrected chi connectivity index (χ1v) is 11.9. The number of aryl methyl sites for hydroxylation is 2. The summed E-state index contributed by atoms with van der Waals surface area (Å²) in [5, 5.41) is 0.457. The molecule has 2 fully saturated rings. The minimum absolute atomic E-state index is 0.230. The zero-order valence-electron chi connectivity index (χ0n) is 17.2. The number of sulfonamides is 1. The SMILES string of the molecule is Cc1cc(N2CCOCC2)nc(N2CCN(S(=O)(=O)c3ccc(C)c(Cl)c3)CC2)n1. The van der Waals surface area contributed by atoms with Crippen molar-refractivity contribution in [2.24, 2.45) is 0 Å². The molecule has 162 valence electrons.